The molecule has 0 bridgehead atoms. The Morgan fingerprint density at radius 2 is 1.81 bits per heavy atom. The lowest BCUT2D eigenvalue weighted by Crippen LogP contribution is -2.43. The summed E-state index contributed by atoms with van der Waals surface area (Å²) >= 11 is 0. The second-order valence-corrected chi connectivity index (χ2v) is 6.21. The number of hydrogen-bond donors (Lipinski definition) is 1. The van der Waals surface area contributed by atoms with E-state index in [0.29, 0.717) is 24.5 Å². The smallest absolute Gasteiger partial charge is 0.255 e. The molecule has 0 spiro atoms. The van der Waals surface area contributed by atoms with Gasteiger partial charge in [-0.2, -0.15) is 0 Å². The minimum atomic E-state index is -0.108. The van der Waals surface area contributed by atoms with Gasteiger partial charge >= 0.3 is 0 Å². The second-order valence-electron chi connectivity index (χ2n) is 6.21. The van der Waals surface area contributed by atoms with Crippen LogP contribution in [0.15, 0.2) is 54.6 Å². The highest BCUT2D eigenvalue weighted by Crippen LogP contribution is 2.22. The van der Waals surface area contributed by atoms with E-state index in [2.05, 4.69) is 22.3 Å². The van der Waals surface area contributed by atoms with E-state index < -0.39 is 0 Å². The van der Waals surface area contributed by atoms with Crippen molar-refractivity contribution in [2.45, 2.75) is 13.0 Å². The van der Waals surface area contributed by atoms with Crippen LogP contribution < -0.4 is 10.1 Å². The van der Waals surface area contributed by atoms with Gasteiger partial charge in [-0.05, 0) is 24.6 Å². The quantitative estimate of drug-likeness (QED) is 0.831. The molecule has 1 N–H and O–H groups in total. The summed E-state index contributed by atoms with van der Waals surface area (Å²) in [6.45, 7) is 6.18. The first-order valence-electron chi connectivity index (χ1n) is 9.16. The fourth-order valence-corrected chi connectivity index (χ4v) is 3.24. The summed E-state index contributed by atoms with van der Waals surface area (Å²) in [4.78, 5) is 15.1. The number of morpholine rings is 1. The van der Waals surface area contributed by atoms with Gasteiger partial charge in [0.15, 0.2) is 0 Å². The predicted molar refractivity (Wildman–Crippen MR) is 102 cm³/mol. The van der Waals surface area contributed by atoms with Crippen molar-refractivity contribution >= 4 is 5.91 Å². The number of carbonyl (C=O) groups is 1. The Balaban J connectivity index is 1.72. The van der Waals surface area contributed by atoms with E-state index >= 15 is 0 Å². The Kier molecular flexibility index (Phi) is 6.63. The number of nitrogens with zero attached hydrogens (tertiary/aromatic N) is 1. The van der Waals surface area contributed by atoms with Crippen molar-refractivity contribution in [1.82, 2.24) is 10.2 Å². The number of carbonyl (C=O) groups excluding carboxylic acids is 1. The van der Waals surface area contributed by atoms with Gasteiger partial charge in [-0.15, -0.1) is 0 Å². The number of hydrogen-bond acceptors (Lipinski definition) is 4. The fourth-order valence-electron chi connectivity index (χ4n) is 3.24. The highest BCUT2D eigenvalue weighted by molar-refractivity contribution is 5.96. The van der Waals surface area contributed by atoms with Gasteiger partial charge in [0.05, 0.1) is 31.4 Å². The molecule has 26 heavy (non-hydrogen) atoms. The van der Waals surface area contributed by atoms with Crippen molar-refractivity contribution in [3.8, 4) is 5.75 Å². The fraction of sp³-hybridized carbons (Fsp3) is 0.381. The molecule has 5 heteroatoms. The van der Waals surface area contributed by atoms with Gasteiger partial charge in [0, 0.05) is 19.6 Å². The van der Waals surface area contributed by atoms with Crippen LogP contribution in [0.5, 0.6) is 5.75 Å². The first-order chi connectivity index (χ1) is 12.8. The molecule has 138 valence electrons. The van der Waals surface area contributed by atoms with E-state index in [9.17, 15) is 4.79 Å². The number of rotatable bonds is 7. The predicted octanol–water partition coefficient (Wildman–Crippen LogP) is 2.89. The zero-order valence-corrected chi connectivity index (χ0v) is 15.2. The van der Waals surface area contributed by atoms with Gasteiger partial charge in [0.2, 0.25) is 0 Å². The summed E-state index contributed by atoms with van der Waals surface area (Å²) in [5.41, 5.74) is 1.77. The largest absolute Gasteiger partial charge is 0.493 e. The van der Waals surface area contributed by atoms with Crippen LogP contribution in [0.2, 0.25) is 0 Å². The molecule has 5 nitrogen and oxygen atoms in total. The van der Waals surface area contributed by atoms with Crippen LogP contribution in [0.25, 0.3) is 0 Å². The van der Waals surface area contributed by atoms with E-state index in [1.54, 1.807) is 6.07 Å². The molecular formula is C21H26N2O3. The number of para-hydroxylation sites is 1. The van der Waals surface area contributed by atoms with Crippen LogP contribution in [0.1, 0.15) is 28.9 Å². The maximum Gasteiger partial charge on any atom is 0.255 e. The van der Waals surface area contributed by atoms with Crippen molar-refractivity contribution < 1.29 is 14.3 Å². The lowest BCUT2D eigenvalue weighted by molar-refractivity contribution is 0.0162. The van der Waals surface area contributed by atoms with Gasteiger partial charge < -0.3 is 14.8 Å². The van der Waals surface area contributed by atoms with Crippen LogP contribution in [0.3, 0.4) is 0 Å². The van der Waals surface area contributed by atoms with Crippen LogP contribution in [-0.2, 0) is 4.74 Å². The van der Waals surface area contributed by atoms with Gasteiger partial charge in [-0.25, -0.2) is 0 Å². The summed E-state index contributed by atoms with van der Waals surface area (Å²) in [5, 5.41) is 3.09. The molecule has 2 aromatic carbocycles. The summed E-state index contributed by atoms with van der Waals surface area (Å²) in [7, 11) is 0. The molecule has 1 fully saturated rings. The third kappa shape index (κ3) is 4.62. The standard InChI is InChI=1S/C21H26N2O3/c1-2-26-20-11-7-6-10-18(20)21(24)22-16-19(17-8-4-3-5-9-17)23-12-14-25-15-13-23/h3-11,19H,2,12-16H2,1H3,(H,22,24). The van der Waals surface area contributed by atoms with Crippen molar-refractivity contribution in [2.75, 3.05) is 39.5 Å². The third-order valence-corrected chi connectivity index (χ3v) is 4.56. The Hall–Kier alpha value is -2.37. The van der Waals surface area contributed by atoms with E-state index in [0.717, 1.165) is 26.3 Å². The molecule has 0 aromatic heterocycles. The highest BCUT2D eigenvalue weighted by atomic mass is 16.5. The summed E-state index contributed by atoms with van der Waals surface area (Å²) in [5.74, 6) is 0.512. The molecule has 3 rings (SSSR count). The Bertz CT molecular complexity index is 699. The zero-order chi connectivity index (χ0) is 18.2. The first-order valence-corrected chi connectivity index (χ1v) is 9.16. The monoisotopic (exact) mass is 354 g/mol. The van der Waals surface area contributed by atoms with Crippen molar-refractivity contribution in [1.29, 1.82) is 0 Å². The molecule has 2 aromatic rings. The normalized spacial score (nSPS) is 16.0. The minimum Gasteiger partial charge on any atom is -0.493 e. The molecule has 0 radical (unpaired) electrons. The van der Waals surface area contributed by atoms with Crippen molar-refractivity contribution in [3.63, 3.8) is 0 Å². The van der Waals surface area contributed by atoms with Gasteiger partial charge in [-0.1, -0.05) is 42.5 Å². The zero-order valence-electron chi connectivity index (χ0n) is 15.2. The van der Waals surface area contributed by atoms with Crippen LogP contribution in [-0.4, -0.2) is 50.3 Å². The van der Waals surface area contributed by atoms with Crippen molar-refractivity contribution in [2.24, 2.45) is 0 Å². The van der Waals surface area contributed by atoms with E-state index in [4.69, 9.17) is 9.47 Å². The molecule has 1 aliphatic rings. The molecule has 1 saturated heterocycles. The maximum atomic E-state index is 12.7. The molecule has 1 heterocycles. The molecule has 0 saturated carbocycles. The first kappa shape index (κ1) is 18.4. The van der Waals surface area contributed by atoms with Crippen LogP contribution in [0, 0.1) is 0 Å². The lowest BCUT2D eigenvalue weighted by Gasteiger charge is -2.35. The minimum absolute atomic E-state index is 0.108. The molecule has 1 unspecified atom stereocenters. The molecule has 1 aliphatic heterocycles. The van der Waals surface area contributed by atoms with Gasteiger partial charge in [0.1, 0.15) is 5.75 Å². The van der Waals surface area contributed by atoms with E-state index in [-0.39, 0.29) is 11.9 Å². The third-order valence-electron chi connectivity index (χ3n) is 4.56. The number of nitrogens with one attached hydrogen (secondary N) is 1. The molecule has 1 amide bonds. The van der Waals surface area contributed by atoms with Crippen LogP contribution >= 0.6 is 0 Å². The average Bonchev–Trinajstić information content (AvgIpc) is 2.70. The molecule has 0 aliphatic carbocycles. The topological polar surface area (TPSA) is 50.8 Å². The van der Waals surface area contributed by atoms with Crippen LogP contribution in [0.4, 0.5) is 0 Å². The summed E-state index contributed by atoms with van der Waals surface area (Å²) in [6, 6.07) is 17.8. The number of amides is 1. The Morgan fingerprint density at radius 3 is 2.54 bits per heavy atom. The van der Waals surface area contributed by atoms with Gasteiger partial charge in [-0.3, -0.25) is 9.69 Å². The van der Waals surface area contributed by atoms with E-state index in [1.807, 2.05) is 43.3 Å². The molecular weight excluding hydrogens is 328 g/mol. The van der Waals surface area contributed by atoms with E-state index in [1.165, 1.54) is 5.56 Å². The lowest BCUT2D eigenvalue weighted by atomic mass is 10.0. The Labute approximate surface area is 154 Å². The number of ether oxygens (including phenoxy) is 2. The summed E-state index contributed by atoms with van der Waals surface area (Å²) in [6.07, 6.45) is 0. The maximum absolute atomic E-state index is 12.7. The SMILES string of the molecule is CCOc1ccccc1C(=O)NCC(c1ccccc1)N1CCOCC1. The van der Waals surface area contributed by atoms with Gasteiger partial charge in [0.25, 0.3) is 5.91 Å². The van der Waals surface area contributed by atoms with Crippen molar-refractivity contribution in [3.05, 3.63) is 65.7 Å². The average molecular weight is 354 g/mol. The highest BCUT2D eigenvalue weighted by Gasteiger charge is 2.23. The second kappa shape index (κ2) is 9.36. The summed E-state index contributed by atoms with van der Waals surface area (Å²) < 4.78 is 11.1. The number of benzene rings is 2. The molecule has 1 atom stereocenters. The Morgan fingerprint density at radius 1 is 1.12 bits per heavy atom.